The average molecular weight is 262 g/mol. The summed E-state index contributed by atoms with van der Waals surface area (Å²) in [6.45, 7) is 11.9. The fraction of sp³-hybridized carbons (Fsp3) is 0.625. The maximum Gasteiger partial charge on any atom is 0.119 e. The summed E-state index contributed by atoms with van der Waals surface area (Å²) in [6, 6.07) is 6.97. The molecular formula is C16H26N2O. The minimum Gasteiger partial charge on any atom is -0.494 e. The van der Waals surface area contributed by atoms with E-state index in [2.05, 4.69) is 49.2 Å². The standard InChI is InChI=1S/C16H26N2O/c1-13-5-6-16(11-14(13)2)19-10-4-8-18-9-7-17-12-15(18)3/h5-6,11,15,17H,4,7-10,12H2,1-3H3/t15-/m0/s1. The summed E-state index contributed by atoms with van der Waals surface area (Å²) in [5.41, 5.74) is 2.62. The molecule has 1 aromatic rings. The minimum atomic E-state index is 0.648. The summed E-state index contributed by atoms with van der Waals surface area (Å²) in [6.07, 6.45) is 1.09. The van der Waals surface area contributed by atoms with E-state index in [1.54, 1.807) is 0 Å². The minimum absolute atomic E-state index is 0.648. The molecule has 1 aromatic carbocycles. The van der Waals surface area contributed by atoms with E-state index in [0.717, 1.165) is 45.0 Å². The Morgan fingerprint density at radius 1 is 1.32 bits per heavy atom. The van der Waals surface area contributed by atoms with Gasteiger partial charge >= 0.3 is 0 Å². The molecule has 1 saturated heterocycles. The summed E-state index contributed by atoms with van der Waals surface area (Å²) in [5, 5.41) is 3.42. The van der Waals surface area contributed by atoms with Crippen molar-refractivity contribution >= 4 is 0 Å². The number of ether oxygens (including phenoxy) is 1. The number of aryl methyl sites for hydroxylation is 2. The van der Waals surface area contributed by atoms with Crippen molar-refractivity contribution in [1.29, 1.82) is 0 Å². The van der Waals surface area contributed by atoms with Crippen LogP contribution in [-0.2, 0) is 0 Å². The third-order valence-corrected chi connectivity index (χ3v) is 3.98. The van der Waals surface area contributed by atoms with Crippen LogP contribution in [0.5, 0.6) is 5.75 Å². The number of benzene rings is 1. The highest BCUT2D eigenvalue weighted by Crippen LogP contribution is 2.16. The largest absolute Gasteiger partial charge is 0.494 e. The molecule has 0 bridgehead atoms. The summed E-state index contributed by atoms with van der Waals surface area (Å²) in [7, 11) is 0. The zero-order valence-electron chi connectivity index (χ0n) is 12.4. The first-order valence-corrected chi connectivity index (χ1v) is 7.31. The molecule has 0 spiro atoms. The van der Waals surface area contributed by atoms with Gasteiger partial charge in [0.1, 0.15) is 5.75 Å². The Labute approximate surface area is 116 Å². The molecule has 0 radical (unpaired) electrons. The van der Waals surface area contributed by atoms with Gasteiger partial charge in [0, 0.05) is 32.2 Å². The highest BCUT2D eigenvalue weighted by atomic mass is 16.5. The molecule has 2 rings (SSSR count). The Morgan fingerprint density at radius 3 is 2.89 bits per heavy atom. The van der Waals surface area contributed by atoms with Crippen LogP contribution in [0.4, 0.5) is 0 Å². The number of nitrogens with zero attached hydrogens (tertiary/aromatic N) is 1. The Bertz CT molecular complexity index is 406. The van der Waals surface area contributed by atoms with E-state index in [-0.39, 0.29) is 0 Å². The lowest BCUT2D eigenvalue weighted by molar-refractivity contribution is 0.160. The van der Waals surface area contributed by atoms with Crippen molar-refractivity contribution in [2.24, 2.45) is 0 Å². The summed E-state index contributed by atoms with van der Waals surface area (Å²) < 4.78 is 5.83. The Kier molecular flexibility index (Phi) is 5.23. The van der Waals surface area contributed by atoms with Gasteiger partial charge in [-0.25, -0.2) is 0 Å². The molecule has 0 aromatic heterocycles. The number of hydrogen-bond donors (Lipinski definition) is 1. The molecule has 106 valence electrons. The van der Waals surface area contributed by atoms with Crippen LogP contribution in [0.2, 0.25) is 0 Å². The summed E-state index contributed by atoms with van der Waals surface area (Å²) >= 11 is 0. The SMILES string of the molecule is Cc1ccc(OCCCN2CCNC[C@@H]2C)cc1C. The van der Waals surface area contributed by atoms with Crippen molar-refractivity contribution in [3.63, 3.8) is 0 Å². The van der Waals surface area contributed by atoms with Crippen LogP contribution in [0.25, 0.3) is 0 Å². The van der Waals surface area contributed by atoms with Gasteiger partial charge in [0.15, 0.2) is 0 Å². The fourth-order valence-corrected chi connectivity index (χ4v) is 2.48. The first kappa shape index (κ1) is 14.4. The van der Waals surface area contributed by atoms with Crippen LogP contribution < -0.4 is 10.1 Å². The molecule has 0 aliphatic carbocycles. The predicted molar refractivity (Wildman–Crippen MR) is 79.9 cm³/mol. The lowest BCUT2D eigenvalue weighted by atomic mass is 10.1. The molecule has 1 fully saturated rings. The van der Waals surface area contributed by atoms with Gasteiger partial charge in [0.05, 0.1) is 6.61 Å². The topological polar surface area (TPSA) is 24.5 Å². The van der Waals surface area contributed by atoms with Gasteiger partial charge in [-0.1, -0.05) is 6.07 Å². The first-order valence-electron chi connectivity index (χ1n) is 7.31. The third kappa shape index (κ3) is 4.22. The zero-order chi connectivity index (χ0) is 13.7. The van der Waals surface area contributed by atoms with Crippen LogP contribution in [0.15, 0.2) is 18.2 Å². The fourth-order valence-electron chi connectivity index (χ4n) is 2.48. The van der Waals surface area contributed by atoms with Gasteiger partial charge in [0.2, 0.25) is 0 Å². The van der Waals surface area contributed by atoms with Crippen LogP contribution in [0, 0.1) is 13.8 Å². The van der Waals surface area contributed by atoms with Gasteiger partial charge in [-0.3, -0.25) is 4.90 Å². The second-order valence-electron chi connectivity index (χ2n) is 5.54. The van der Waals surface area contributed by atoms with E-state index >= 15 is 0 Å². The molecule has 1 heterocycles. The first-order chi connectivity index (χ1) is 9.16. The van der Waals surface area contributed by atoms with E-state index in [1.165, 1.54) is 11.1 Å². The zero-order valence-corrected chi connectivity index (χ0v) is 12.4. The molecule has 19 heavy (non-hydrogen) atoms. The van der Waals surface area contributed by atoms with Crippen LogP contribution in [-0.4, -0.2) is 43.7 Å². The van der Waals surface area contributed by atoms with E-state index in [0.29, 0.717) is 6.04 Å². The molecule has 1 N–H and O–H groups in total. The molecule has 0 unspecified atom stereocenters. The lowest BCUT2D eigenvalue weighted by Crippen LogP contribution is -2.50. The van der Waals surface area contributed by atoms with Gasteiger partial charge in [0.25, 0.3) is 0 Å². The summed E-state index contributed by atoms with van der Waals surface area (Å²) in [4.78, 5) is 2.54. The summed E-state index contributed by atoms with van der Waals surface area (Å²) in [5.74, 6) is 0.997. The predicted octanol–water partition coefficient (Wildman–Crippen LogP) is 2.37. The molecule has 0 saturated carbocycles. The quantitative estimate of drug-likeness (QED) is 0.825. The molecule has 1 aliphatic heterocycles. The van der Waals surface area contributed by atoms with Crippen LogP contribution >= 0.6 is 0 Å². The average Bonchev–Trinajstić information content (AvgIpc) is 2.40. The number of piperazine rings is 1. The maximum atomic E-state index is 5.83. The van der Waals surface area contributed by atoms with Crippen molar-refractivity contribution < 1.29 is 4.74 Å². The van der Waals surface area contributed by atoms with Gasteiger partial charge in [-0.2, -0.15) is 0 Å². The smallest absolute Gasteiger partial charge is 0.119 e. The number of rotatable bonds is 5. The van der Waals surface area contributed by atoms with Crippen molar-refractivity contribution in [1.82, 2.24) is 10.2 Å². The van der Waals surface area contributed by atoms with Gasteiger partial charge in [-0.05, 0) is 50.5 Å². The van der Waals surface area contributed by atoms with Crippen molar-refractivity contribution in [2.45, 2.75) is 33.2 Å². The second-order valence-corrected chi connectivity index (χ2v) is 5.54. The molecule has 1 atom stereocenters. The molecule has 3 nitrogen and oxygen atoms in total. The van der Waals surface area contributed by atoms with Crippen molar-refractivity contribution in [3.05, 3.63) is 29.3 Å². The highest BCUT2D eigenvalue weighted by molar-refractivity contribution is 5.33. The van der Waals surface area contributed by atoms with Crippen LogP contribution in [0.1, 0.15) is 24.5 Å². The van der Waals surface area contributed by atoms with Gasteiger partial charge in [-0.15, -0.1) is 0 Å². The molecule has 0 amide bonds. The molecule has 1 aliphatic rings. The Morgan fingerprint density at radius 2 is 2.16 bits per heavy atom. The normalized spacial score (nSPS) is 20.5. The van der Waals surface area contributed by atoms with Crippen molar-refractivity contribution in [3.8, 4) is 5.75 Å². The van der Waals surface area contributed by atoms with E-state index in [9.17, 15) is 0 Å². The number of hydrogen-bond acceptors (Lipinski definition) is 3. The van der Waals surface area contributed by atoms with E-state index in [4.69, 9.17) is 4.74 Å². The highest BCUT2D eigenvalue weighted by Gasteiger charge is 2.16. The maximum absolute atomic E-state index is 5.83. The molecule has 3 heteroatoms. The monoisotopic (exact) mass is 262 g/mol. The third-order valence-electron chi connectivity index (χ3n) is 3.98. The Balaban J connectivity index is 1.70. The Hall–Kier alpha value is -1.06. The van der Waals surface area contributed by atoms with Crippen LogP contribution in [0.3, 0.4) is 0 Å². The lowest BCUT2D eigenvalue weighted by Gasteiger charge is -2.33. The second kappa shape index (κ2) is 6.92. The van der Waals surface area contributed by atoms with Gasteiger partial charge < -0.3 is 10.1 Å². The van der Waals surface area contributed by atoms with E-state index in [1.807, 2.05) is 0 Å². The molecular weight excluding hydrogens is 236 g/mol. The van der Waals surface area contributed by atoms with Crippen molar-refractivity contribution in [2.75, 3.05) is 32.8 Å². The number of nitrogens with one attached hydrogen (secondary N) is 1. The van der Waals surface area contributed by atoms with E-state index < -0.39 is 0 Å².